The highest BCUT2D eigenvalue weighted by Crippen LogP contribution is 2.21. The second kappa shape index (κ2) is 8.90. The average Bonchev–Trinajstić information content (AvgIpc) is 2.33. The lowest BCUT2D eigenvalue weighted by molar-refractivity contribution is 0.0193. The number of rotatable bonds is 8. The molecule has 0 heterocycles. The average molecular weight is 242 g/mol. The van der Waals surface area contributed by atoms with Crippen LogP contribution in [0.4, 0.5) is 0 Å². The molecule has 0 saturated heterocycles. The van der Waals surface area contributed by atoms with Crippen LogP contribution < -0.4 is 5.32 Å². The van der Waals surface area contributed by atoms with Crippen molar-refractivity contribution in [2.24, 2.45) is 0 Å². The summed E-state index contributed by atoms with van der Waals surface area (Å²) in [4.78, 5) is 2.22. The second-order valence-electron chi connectivity index (χ2n) is 5.46. The van der Waals surface area contributed by atoms with E-state index in [9.17, 15) is 0 Å². The Morgan fingerprint density at radius 3 is 2.47 bits per heavy atom. The van der Waals surface area contributed by atoms with Crippen molar-refractivity contribution in [3.8, 4) is 0 Å². The molecule has 0 aromatic carbocycles. The molecule has 102 valence electrons. The van der Waals surface area contributed by atoms with E-state index in [1.54, 1.807) is 0 Å². The van der Waals surface area contributed by atoms with Crippen LogP contribution in [0.5, 0.6) is 0 Å². The SMILES string of the molecule is CCCNC1CCC(OCCCN(C)C)CC1. The van der Waals surface area contributed by atoms with Gasteiger partial charge in [-0.3, -0.25) is 0 Å². The summed E-state index contributed by atoms with van der Waals surface area (Å²) in [6.45, 7) is 5.45. The zero-order valence-corrected chi connectivity index (χ0v) is 11.9. The van der Waals surface area contributed by atoms with Crippen LogP contribution >= 0.6 is 0 Å². The van der Waals surface area contributed by atoms with Gasteiger partial charge in [0, 0.05) is 12.6 Å². The normalized spacial score (nSPS) is 25.4. The maximum Gasteiger partial charge on any atom is 0.0576 e. The number of hydrogen-bond donors (Lipinski definition) is 1. The van der Waals surface area contributed by atoms with Crippen molar-refractivity contribution >= 4 is 0 Å². The van der Waals surface area contributed by atoms with Gasteiger partial charge in [-0.15, -0.1) is 0 Å². The molecule has 1 saturated carbocycles. The van der Waals surface area contributed by atoms with Crippen molar-refractivity contribution < 1.29 is 4.74 Å². The molecule has 0 aliphatic heterocycles. The molecule has 0 radical (unpaired) electrons. The lowest BCUT2D eigenvalue weighted by Crippen LogP contribution is -2.35. The molecule has 1 rings (SSSR count). The lowest BCUT2D eigenvalue weighted by Gasteiger charge is -2.29. The van der Waals surface area contributed by atoms with Crippen LogP contribution in [0.3, 0.4) is 0 Å². The van der Waals surface area contributed by atoms with E-state index < -0.39 is 0 Å². The predicted octanol–water partition coefficient (Wildman–Crippen LogP) is 2.27. The van der Waals surface area contributed by atoms with Gasteiger partial charge < -0.3 is 15.0 Å². The molecule has 0 amide bonds. The third-order valence-corrected chi connectivity index (χ3v) is 3.46. The summed E-state index contributed by atoms with van der Waals surface area (Å²) in [5.74, 6) is 0. The monoisotopic (exact) mass is 242 g/mol. The summed E-state index contributed by atoms with van der Waals surface area (Å²) in [6.07, 6.45) is 7.97. The zero-order valence-electron chi connectivity index (χ0n) is 11.9. The fourth-order valence-electron chi connectivity index (χ4n) is 2.41. The Bertz CT molecular complexity index is 177. The highest BCUT2D eigenvalue weighted by molar-refractivity contribution is 4.77. The van der Waals surface area contributed by atoms with Crippen LogP contribution in [0.2, 0.25) is 0 Å². The first-order chi connectivity index (χ1) is 8.22. The van der Waals surface area contributed by atoms with E-state index in [-0.39, 0.29) is 0 Å². The minimum atomic E-state index is 0.525. The minimum absolute atomic E-state index is 0.525. The van der Waals surface area contributed by atoms with E-state index in [0.29, 0.717) is 6.10 Å². The third kappa shape index (κ3) is 7.02. The zero-order chi connectivity index (χ0) is 12.5. The van der Waals surface area contributed by atoms with Crippen LogP contribution in [-0.2, 0) is 4.74 Å². The smallest absolute Gasteiger partial charge is 0.0576 e. The van der Waals surface area contributed by atoms with Crippen LogP contribution in [0.25, 0.3) is 0 Å². The van der Waals surface area contributed by atoms with Gasteiger partial charge in [-0.2, -0.15) is 0 Å². The maximum absolute atomic E-state index is 5.93. The summed E-state index contributed by atoms with van der Waals surface area (Å²) >= 11 is 0. The van der Waals surface area contributed by atoms with Gasteiger partial charge >= 0.3 is 0 Å². The van der Waals surface area contributed by atoms with E-state index in [0.717, 1.165) is 25.6 Å². The molecule has 3 nitrogen and oxygen atoms in total. The number of nitrogens with zero attached hydrogens (tertiary/aromatic N) is 1. The molecular formula is C14H30N2O. The van der Waals surface area contributed by atoms with E-state index >= 15 is 0 Å². The van der Waals surface area contributed by atoms with Crippen LogP contribution in [0.15, 0.2) is 0 Å². The number of nitrogens with one attached hydrogen (secondary N) is 1. The van der Waals surface area contributed by atoms with Gasteiger partial charge in [-0.05, 0) is 65.7 Å². The van der Waals surface area contributed by atoms with Crippen LogP contribution in [0, 0.1) is 0 Å². The van der Waals surface area contributed by atoms with E-state index in [1.807, 2.05) is 0 Å². The van der Waals surface area contributed by atoms with Crippen LogP contribution in [0.1, 0.15) is 45.4 Å². The minimum Gasteiger partial charge on any atom is -0.378 e. The Balaban J connectivity index is 1.99. The molecule has 0 atom stereocenters. The van der Waals surface area contributed by atoms with Crippen molar-refractivity contribution in [2.45, 2.75) is 57.6 Å². The Hall–Kier alpha value is -0.120. The summed E-state index contributed by atoms with van der Waals surface area (Å²) in [5, 5.41) is 3.61. The van der Waals surface area contributed by atoms with Gasteiger partial charge in [-0.1, -0.05) is 6.92 Å². The standard InChI is InChI=1S/C14H30N2O/c1-4-10-15-13-6-8-14(9-7-13)17-12-5-11-16(2)3/h13-15H,4-12H2,1-3H3. The molecule has 0 bridgehead atoms. The molecule has 0 aromatic heterocycles. The van der Waals surface area contributed by atoms with Gasteiger partial charge in [-0.25, -0.2) is 0 Å². The third-order valence-electron chi connectivity index (χ3n) is 3.46. The molecule has 0 aromatic rings. The van der Waals surface area contributed by atoms with E-state index in [4.69, 9.17) is 4.74 Å². The largest absolute Gasteiger partial charge is 0.378 e. The molecule has 1 N–H and O–H groups in total. The topological polar surface area (TPSA) is 24.5 Å². The Labute approximate surface area is 107 Å². The Morgan fingerprint density at radius 2 is 1.88 bits per heavy atom. The molecule has 1 aliphatic rings. The lowest BCUT2D eigenvalue weighted by atomic mass is 9.93. The van der Waals surface area contributed by atoms with Crippen molar-refractivity contribution in [2.75, 3.05) is 33.8 Å². The van der Waals surface area contributed by atoms with Crippen molar-refractivity contribution in [1.29, 1.82) is 0 Å². The van der Waals surface area contributed by atoms with E-state index in [2.05, 4.69) is 31.2 Å². The fourth-order valence-corrected chi connectivity index (χ4v) is 2.41. The first-order valence-corrected chi connectivity index (χ1v) is 7.22. The van der Waals surface area contributed by atoms with Gasteiger partial charge in [0.2, 0.25) is 0 Å². The summed E-state index contributed by atoms with van der Waals surface area (Å²) in [6, 6.07) is 0.747. The predicted molar refractivity (Wildman–Crippen MR) is 73.5 cm³/mol. The molecule has 17 heavy (non-hydrogen) atoms. The highest BCUT2D eigenvalue weighted by atomic mass is 16.5. The number of ether oxygens (including phenoxy) is 1. The highest BCUT2D eigenvalue weighted by Gasteiger charge is 2.20. The first-order valence-electron chi connectivity index (χ1n) is 7.22. The maximum atomic E-state index is 5.93. The van der Waals surface area contributed by atoms with Gasteiger partial charge in [0.25, 0.3) is 0 Å². The summed E-state index contributed by atoms with van der Waals surface area (Å²) in [7, 11) is 4.23. The summed E-state index contributed by atoms with van der Waals surface area (Å²) in [5.41, 5.74) is 0. The van der Waals surface area contributed by atoms with Gasteiger partial charge in [0.15, 0.2) is 0 Å². The quantitative estimate of drug-likeness (QED) is 0.661. The number of hydrogen-bond acceptors (Lipinski definition) is 3. The molecule has 1 aliphatic carbocycles. The Morgan fingerprint density at radius 1 is 1.18 bits per heavy atom. The van der Waals surface area contributed by atoms with Crippen LogP contribution in [-0.4, -0.2) is 50.8 Å². The molecule has 1 fully saturated rings. The summed E-state index contributed by atoms with van der Waals surface area (Å²) < 4.78 is 5.93. The molecule has 0 unspecified atom stereocenters. The van der Waals surface area contributed by atoms with Crippen molar-refractivity contribution in [3.05, 3.63) is 0 Å². The fraction of sp³-hybridized carbons (Fsp3) is 1.00. The van der Waals surface area contributed by atoms with Crippen molar-refractivity contribution in [3.63, 3.8) is 0 Å². The second-order valence-corrected chi connectivity index (χ2v) is 5.46. The molecular weight excluding hydrogens is 212 g/mol. The molecule has 0 spiro atoms. The van der Waals surface area contributed by atoms with E-state index in [1.165, 1.54) is 38.6 Å². The Kier molecular flexibility index (Phi) is 7.82. The van der Waals surface area contributed by atoms with Gasteiger partial charge in [0.05, 0.1) is 6.10 Å². The first kappa shape index (κ1) is 14.9. The van der Waals surface area contributed by atoms with Gasteiger partial charge in [0.1, 0.15) is 0 Å². The molecule has 3 heteroatoms. The van der Waals surface area contributed by atoms with Crippen molar-refractivity contribution in [1.82, 2.24) is 10.2 Å².